The lowest BCUT2D eigenvalue weighted by Gasteiger charge is -2.59. The fraction of sp³-hybridized carbons (Fsp3) is 0.704. The second-order valence-corrected chi connectivity index (χ2v) is 11.4. The fourth-order valence-corrected chi connectivity index (χ4v) is 6.62. The summed E-state index contributed by atoms with van der Waals surface area (Å²) in [5.41, 5.74) is 0.386. The van der Waals surface area contributed by atoms with Gasteiger partial charge in [-0.25, -0.2) is 9.78 Å². The topological polar surface area (TPSA) is 92.3 Å². The predicted molar refractivity (Wildman–Crippen MR) is 130 cm³/mol. The van der Waals surface area contributed by atoms with Crippen LogP contribution in [0.3, 0.4) is 0 Å². The minimum absolute atomic E-state index is 0.0162. The molecule has 0 radical (unpaired) electrons. The highest BCUT2D eigenvalue weighted by Gasteiger charge is 2.69. The van der Waals surface area contributed by atoms with Gasteiger partial charge >= 0.3 is 5.97 Å². The molecular formula is C27H36ClNO7. The zero-order valence-electron chi connectivity index (χ0n) is 21.2. The van der Waals surface area contributed by atoms with Crippen LogP contribution in [0, 0.1) is 23.7 Å². The molecule has 36 heavy (non-hydrogen) atoms. The van der Waals surface area contributed by atoms with E-state index in [1.165, 1.54) is 0 Å². The van der Waals surface area contributed by atoms with Gasteiger partial charge < -0.3 is 19.5 Å². The van der Waals surface area contributed by atoms with Crippen LogP contribution in [-0.4, -0.2) is 42.4 Å². The van der Waals surface area contributed by atoms with Gasteiger partial charge in [0.2, 0.25) is 18.0 Å². The van der Waals surface area contributed by atoms with Crippen molar-refractivity contribution in [3.8, 4) is 0 Å². The molecule has 8 nitrogen and oxygen atoms in total. The highest BCUT2D eigenvalue weighted by atomic mass is 35.5. The van der Waals surface area contributed by atoms with E-state index >= 15 is 0 Å². The van der Waals surface area contributed by atoms with Crippen molar-refractivity contribution in [1.82, 2.24) is 5.32 Å². The van der Waals surface area contributed by atoms with Gasteiger partial charge in [-0.1, -0.05) is 37.6 Å². The molecule has 1 N–H and O–H groups in total. The molecule has 6 rings (SSSR count). The van der Waals surface area contributed by atoms with Crippen LogP contribution in [0.2, 0.25) is 5.02 Å². The van der Waals surface area contributed by atoms with Crippen molar-refractivity contribution in [2.24, 2.45) is 23.7 Å². The van der Waals surface area contributed by atoms with Crippen molar-refractivity contribution in [3.05, 3.63) is 34.9 Å². The quantitative estimate of drug-likeness (QED) is 0.416. The molecule has 8 atom stereocenters. The monoisotopic (exact) mass is 521 g/mol. The van der Waals surface area contributed by atoms with Gasteiger partial charge in [0, 0.05) is 36.2 Å². The van der Waals surface area contributed by atoms with E-state index in [4.69, 9.17) is 35.6 Å². The Bertz CT molecular complexity index is 973. The number of rotatable bonds is 7. The minimum Gasteiger partial charge on any atom is -0.435 e. The van der Waals surface area contributed by atoms with Crippen molar-refractivity contribution in [2.45, 2.75) is 89.7 Å². The Balaban J connectivity index is 1.15. The molecule has 0 aromatic heterocycles. The summed E-state index contributed by atoms with van der Waals surface area (Å²) in [5.74, 6) is -0.831. The summed E-state index contributed by atoms with van der Waals surface area (Å²) in [7, 11) is 0. The number of hydrogen-bond donors (Lipinski definition) is 1. The number of benzene rings is 1. The Morgan fingerprint density at radius 2 is 1.86 bits per heavy atom. The maximum absolute atomic E-state index is 12.7. The summed E-state index contributed by atoms with van der Waals surface area (Å²) >= 11 is 5.90. The van der Waals surface area contributed by atoms with Crippen LogP contribution < -0.4 is 5.32 Å². The molecule has 2 bridgehead atoms. The Labute approximate surface area is 217 Å². The van der Waals surface area contributed by atoms with Crippen molar-refractivity contribution < 1.29 is 33.6 Å². The molecular weight excluding hydrogens is 486 g/mol. The van der Waals surface area contributed by atoms with E-state index in [0.29, 0.717) is 23.9 Å². The minimum atomic E-state index is -0.878. The Morgan fingerprint density at radius 3 is 2.64 bits per heavy atom. The lowest BCUT2D eigenvalue weighted by molar-refractivity contribution is -0.576. The number of carbonyl (C=O) groups excluding carboxylic acids is 2. The van der Waals surface area contributed by atoms with E-state index in [0.717, 1.165) is 31.2 Å². The molecule has 1 saturated carbocycles. The van der Waals surface area contributed by atoms with Gasteiger partial charge in [-0.15, -0.1) is 0 Å². The molecule has 4 aliphatic heterocycles. The summed E-state index contributed by atoms with van der Waals surface area (Å²) in [6, 6.07) is 7.50. The summed E-state index contributed by atoms with van der Waals surface area (Å²) in [4.78, 5) is 36.8. The third-order valence-electron chi connectivity index (χ3n) is 8.55. The third-order valence-corrected chi connectivity index (χ3v) is 8.80. The zero-order valence-corrected chi connectivity index (χ0v) is 21.9. The molecule has 1 aromatic rings. The number of esters is 1. The number of fused-ring (bicyclic) bond motifs is 2. The van der Waals surface area contributed by atoms with Crippen molar-refractivity contribution in [2.75, 3.05) is 6.54 Å². The molecule has 1 aromatic carbocycles. The first-order chi connectivity index (χ1) is 17.2. The summed E-state index contributed by atoms with van der Waals surface area (Å²) < 4.78 is 18.3. The molecule has 5 fully saturated rings. The van der Waals surface area contributed by atoms with Crippen molar-refractivity contribution in [1.29, 1.82) is 0 Å². The first-order valence-electron chi connectivity index (χ1n) is 13.1. The number of ether oxygens (including phenoxy) is 3. The largest absolute Gasteiger partial charge is 0.435 e. The van der Waals surface area contributed by atoms with Gasteiger partial charge in [0.25, 0.3) is 0 Å². The van der Waals surface area contributed by atoms with E-state index in [-0.39, 0.29) is 36.5 Å². The maximum Gasteiger partial charge on any atom is 0.308 e. The SMILES string of the molecule is C[C@H]1[C@@H](OC(=O)CCC(=O)NCCc2ccc(Cl)cc2)O[C@@H]2O[C@@]3(C)CC[C@@H]4[C@H](C)CC[C@H]1[C@@]24OO3. The van der Waals surface area contributed by atoms with Gasteiger partial charge in [0.15, 0.2) is 11.9 Å². The molecule has 0 unspecified atom stereocenters. The van der Waals surface area contributed by atoms with Crippen LogP contribution in [0.5, 0.6) is 0 Å². The molecule has 1 spiro atoms. The Kier molecular flexibility index (Phi) is 7.36. The second-order valence-electron chi connectivity index (χ2n) is 11.0. The molecule has 9 heteroatoms. The molecule has 198 valence electrons. The standard InChI is InChI=1S/C27H36ClNO7/c1-16-4-9-21-17(2)24(33-25-27(21)20(16)12-14-26(3,34-25)35-36-27)32-23(31)11-10-22(30)29-15-13-18-5-7-19(28)8-6-18/h5-8,16-17,20-21,24-25H,4,9-15H2,1-3H3,(H,29,30)/t16-,17-,20-,21-,24+,25-,26-,27-/m1/s1. The van der Waals surface area contributed by atoms with E-state index in [2.05, 4.69) is 12.2 Å². The first-order valence-corrected chi connectivity index (χ1v) is 13.5. The van der Waals surface area contributed by atoms with Gasteiger partial charge in [-0.3, -0.25) is 9.59 Å². The summed E-state index contributed by atoms with van der Waals surface area (Å²) in [5, 5.41) is 3.53. The van der Waals surface area contributed by atoms with E-state index in [1.54, 1.807) is 0 Å². The van der Waals surface area contributed by atoms with Crippen LogP contribution >= 0.6 is 11.6 Å². The van der Waals surface area contributed by atoms with Crippen LogP contribution in [0.4, 0.5) is 0 Å². The lowest BCUT2D eigenvalue weighted by atomic mass is 9.58. The first kappa shape index (κ1) is 25.9. The van der Waals surface area contributed by atoms with E-state index < -0.39 is 29.9 Å². The van der Waals surface area contributed by atoms with Gasteiger partial charge in [-0.05, 0) is 62.1 Å². The lowest BCUT2D eigenvalue weighted by Crippen LogP contribution is -2.70. The second kappa shape index (κ2) is 10.2. The fourth-order valence-electron chi connectivity index (χ4n) is 6.50. The van der Waals surface area contributed by atoms with Gasteiger partial charge in [0.05, 0.1) is 6.42 Å². The highest BCUT2D eigenvalue weighted by molar-refractivity contribution is 6.30. The van der Waals surface area contributed by atoms with Crippen LogP contribution in [0.15, 0.2) is 24.3 Å². The smallest absolute Gasteiger partial charge is 0.308 e. The number of halogens is 1. The average Bonchev–Trinajstić information content (AvgIpc) is 3.08. The molecule has 4 saturated heterocycles. The number of hydrogen-bond acceptors (Lipinski definition) is 7. The summed E-state index contributed by atoms with van der Waals surface area (Å²) in [6.07, 6.45) is 2.97. The molecule has 1 aliphatic carbocycles. The predicted octanol–water partition coefficient (Wildman–Crippen LogP) is 4.53. The molecule has 1 amide bonds. The average molecular weight is 522 g/mol. The number of nitrogens with one attached hydrogen (secondary N) is 1. The van der Waals surface area contributed by atoms with E-state index in [1.807, 2.05) is 38.1 Å². The Morgan fingerprint density at radius 1 is 1.08 bits per heavy atom. The van der Waals surface area contributed by atoms with Crippen molar-refractivity contribution >= 4 is 23.5 Å². The van der Waals surface area contributed by atoms with Gasteiger partial charge in [0.1, 0.15) is 0 Å². The normalized spacial score (nSPS) is 39.1. The summed E-state index contributed by atoms with van der Waals surface area (Å²) in [6.45, 7) is 6.65. The highest BCUT2D eigenvalue weighted by Crippen LogP contribution is 2.60. The van der Waals surface area contributed by atoms with Crippen LogP contribution in [0.1, 0.15) is 64.9 Å². The third kappa shape index (κ3) is 4.90. The molecule has 5 aliphatic rings. The van der Waals surface area contributed by atoms with Gasteiger partial charge in [-0.2, -0.15) is 0 Å². The Hall–Kier alpha value is -1.71. The molecule has 4 heterocycles. The maximum atomic E-state index is 12.7. The number of amides is 1. The zero-order chi connectivity index (χ0) is 25.5. The van der Waals surface area contributed by atoms with Crippen LogP contribution in [-0.2, 0) is 40.0 Å². The van der Waals surface area contributed by atoms with E-state index in [9.17, 15) is 9.59 Å². The van der Waals surface area contributed by atoms with Crippen molar-refractivity contribution in [3.63, 3.8) is 0 Å². The number of carbonyl (C=O) groups is 2. The van der Waals surface area contributed by atoms with Crippen LogP contribution in [0.25, 0.3) is 0 Å².